The van der Waals surface area contributed by atoms with E-state index in [1.165, 1.54) is 18.4 Å². The number of aliphatic hydroxyl groups is 1. The van der Waals surface area contributed by atoms with Gasteiger partial charge in [-0.1, -0.05) is 0 Å². The van der Waals surface area contributed by atoms with Gasteiger partial charge in [-0.25, -0.2) is 13.1 Å². The molecule has 1 aliphatic heterocycles. The fourth-order valence-electron chi connectivity index (χ4n) is 3.00. The first-order valence-corrected chi connectivity index (χ1v) is 9.63. The maximum absolute atomic E-state index is 12.6. The maximum Gasteiger partial charge on any atom is 0.240 e. The topological polar surface area (TPSA) is 98.0 Å². The van der Waals surface area contributed by atoms with Crippen molar-refractivity contribution in [3.05, 3.63) is 42.4 Å². The van der Waals surface area contributed by atoms with E-state index in [-0.39, 0.29) is 17.4 Å². The lowest BCUT2D eigenvalue weighted by atomic mass is 9.95. The van der Waals surface area contributed by atoms with Crippen molar-refractivity contribution in [3.8, 4) is 11.5 Å². The van der Waals surface area contributed by atoms with E-state index in [2.05, 4.69) is 4.72 Å². The van der Waals surface area contributed by atoms with Crippen LogP contribution in [-0.2, 0) is 15.6 Å². The average Bonchev–Trinajstić information content (AvgIpc) is 3.34. The minimum atomic E-state index is -3.81. The molecule has 0 bridgehead atoms. The van der Waals surface area contributed by atoms with Gasteiger partial charge in [-0.3, -0.25) is 0 Å². The second kappa shape index (κ2) is 6.05. The summed E-state index contributed by atoms with van der Waals surface area (Å²) in [4.78, 5) is 0.0642. The fourth-order valence-corrected chi connectivity index (χ4v) is 4.08. The Kier molecular flexibility index (Phi) is 3.98. The van der Waals surface area contributed by atoms with E-state index in [1.54, 1.807) is 18.2 Å². The van der Waals surface area contributed by atoms with Gasteiger partial charge in [0.05, 0.1) is 11.2 Å². The van der Waals surface area contributed by atoms with Crippen molar-refractivity contribution in [2.75, 3.05) is 19.8 Å². The zero-order valence-corrected chi connectivity index (χ0v) is 14.3. The Hall–Kier alpha value is -2.03. The molecule has 0 amide bonds. The predicted octanol–water partition coefficient (Wildman–Crippen LogP) is 1.63. The molecule has 8 heteroatoms. The summed E-state index contributed by atoms with van der Waals surface area (Å²) in [5, 5.41) is 10.9. The second-order valence-corrected chi connectivity index (χ2v) is 8.07. The highest BCUT2D eigenvalue weighted by Crippen LogP contribution is 2.45. The molecule has 25 heavy (non-hydrogen) atoms. The molecular formula is C17H19NO6S. The molecule has 2 aliphatic rings. The van der Waals surface area contributed by atoms with Crippen LogP contribution in [0.3, 0.4) is 0 Å². The van der Waals surface area contributed by atoms with Crippen molar-refractivity contribution in [1.82, 2.24) is 4.72 Å². The van der Waals surface area contributed by atoms with Gasteiger partial charge in [-0.15, -0.1) is 0 Å². The Morgan fingerprint density at radius 3 is 2.60 bits per heavy atom. The molecule has 0 spiro atoms. The lowest BCUT2D eigenvalue weighted by Crippen LogP contribution is -2.42. The van der Waals surface area contributed by atoms with Crippen molar-refractivity contribution in [2.24, 2.45) is 5.92 Å². The van der Waals surface area contributed by atoms with E-state index in [9.17, 15) is 13.5 Å². The predicted molar refractivity (Wildman–Crippen MR) is 87.9 cm³/mol. The number of furan rings is 1. The van der Waals surface area contributed by atoms with Crippen molar-refractivity contribution >= 4 is 10.0 Å². The highest BCUT2D eigenvalue weighted by molar-refractivity contribution is 7.89. The standard InChI is InChI=1S/C17H19NO6S/c19-17(12-3-4-12,16-2-1-7-24-16)11-18-25(20,21)13-5-6-14-15(10-13)23-9-8-22-14/h1-2,5-7,10,12,18-19H,3-4,8-9,11H2/t17-/m0/s1. The molecule has 4 rings (SSSR count). The van der Waals surface area contributed by atoms with Crippen molar-refractivity contribution in [3.63, 3.8) is 0 Å². The molecule has 1 aromatic heterocycles. The van der Waals surface area contributed by atoms with Crippen molar-refractivity contribution in [2.45, 2.75) is 23.3 Å². The summed E-state index contributed by atoms with van der Waals surface area (Å²) < 4.78 is 43.9. The molecular weight excluding hydrogens is 346 g/mol. The van der Waals surface area contributed by atoms with Gasteiger partial charge in [0.15, 0.2) is 11.5 Å². The molecule has 1 saturated carbocycles. The highest BCUT2D eigenvalue weighted by Gasteiger charge is 2.47. The third-order valence-corrected chi connectivity index (χ3v) is 5.96. The summed E-state index contributed by atoms with van der Waals surface area (Å²) in [6.07, 6.45) is 3.14. The zero-order chi connectivity index (χ0) is 17.5. The van der Waals surface area contributed by atoms with Crippen LogP contribution >= 0.6 is 0 Å². The Balaban J connectivity index is 1.55. The van der Waals surface area contributed by atoms with E-state index in [4.69, 9.17) is 13.9 Å². The van der Waals surface area contributed by atoms with Crippen molar-refractivity contribution < 1.29 is 27.4 Å². The third kappa shape index (κ3) is 3.12. The number of benzene rings is 1. The fraction of sp³-hybridized carbons (Fsp3) is 0.412. The summed E-state index contributed by atoms with van der Waals surface area (Å²) in [5.41, 5.74) is -1.34. The van der Waals surface area contributed by atoms with Crippen LogP contribution in [0.25, 0.3) is 0 Å². The third-order valence-electron chi connectivity index (χ3n) is 4.56. The number of nitrogens with one attached hydrogen (secondary N) is 1. The maximum atomic E-state index is 12.6. The van der Waals surface area contributed by atoms with Crippen LogP contribution < -0.4 is 14.2 Å². The highest BCUT2D eigenvalue weighted by atomic mass is 32.2. The number of rotatable bonds is 6. The van der Waals surface area contributed by atoms with Gasteiger partial charge in [0.2, 0.25) is 10.0 Å². The first-order valence-electron chi connectivity index (χ1n) is 8.15. The monoisotopic (exact) mass is 365 g/mol. The van der Waals surface area contributed by atoms with Gasteiger partial charge >= 0.3 is 0 Å². The Bertz CT molecular complexity index is 859. The first-order chi connectivity index (χ1) is 12.0. The van der Waals surface area contributed by atoms with Crippen LogP contribution in [0.2, 0.25) is 0 Å². The van der Waals surface area contributed by atoms with E-state index >= 15 is 0 Å². The SMILES string of the molecule is O=S(=O)(NC[C@@](O)(c1ccco1)C1CC1)c1ccc2c(c1)OCCO2. The van der Waals surface area contributed by atoms with Crippen LogP contribution in [0, 0.1) is 5.92 Å². The van der Waals surface area contributed by atoms with Crippen molar-refractivity contribution in [1.29, 1.82) is 0 Å². The minimum Gasteiger partial charge on any atom is -0.486 e. The molecule has 1 aromatic carbocycles. The number of hydrogen-bond donors (Lipinski definition) is 2. The van der Waals surface area contributed by atoms with Gasteiger partial charge in [0.25, 0.3) is 0 Å². The lowest BCUT2D eigenvalue weighted by molar-refractivity contribution is -0.00224. The molecule has 1 atom stereocenters. The number of sulfonamides is 1. The molecule has 2 heterocycles. The molecule has 2 N–H and O–H groups in total. The van der Waals surface area contributed by atoms with E-state index < -0.39 is 15.6 Å². The summed E-state index contributed by atoms with van der Waals surface area (Å²) >= 11 is 0. The Morgan fingerprint density at radius 2 is 1.92 bits per heavy atom. The van der Waals surface area contributed by atoms with Gasteiger partial charge in [0.1, 0.15) is 24.6 Å². The summed E-state index contributed by atoms with van der Waals surface area (Å²) in [7, 11) is -3.81. The van der Waals surface area contributed by atoms with E-state index in [0.29, 0.717) is 30.5 Å². The average molecular weight is 365 g/mol. The van der Waals surface area contributed by atoms with Crippen LogP contribution in [-0.4, -0.2) is 33.3 Å². The summed E-state index contributed by atoms with van der Waals surface area (Å²) in [6.45, 7) is 0.667. The molecule has 1 aliphatic carbocycles. The van der Waals surface area contributed by atoms with Crippen LogP contribution in [0.1, 0.15) is 18.6 Å². The second-order valence-electron chi connectivity index (χ2n) is 6.31. The summed E-state index contributed by atoms with van der Waals surface area (Å²) in [6, 6.07) is 7.80. The lowest BCUT2D eigenvalue weighted by Gasteiger charge is -2.26. The molecule has 7 nitrogen and oxygen atoms in total. The number of fused-ring (bicyclic) bond motifs is 1. The number of ether oxygens (including phenoxy) is 2. The Morgan fingerprint density at radius 1 is 1.16 bits per heavy atom. The molecule has 0 saturated heterocycles. The smallest absolute Gasteiger partial charge is 0.240 e. The van der Waals surface area contributed by atoms with Crippen LogP contribution in [0.4, 0.5) is 0 Å². The quantitative estimate of drug-likeness (QED) is 0.807. The van der Waals surface area contributed by atoms with Gasteiger partial charge in [-0.05, 0) is 43.0 Å². The van der Waals surface area contributed by atoms with Crippen LogP contribution in [0.5, 0.6) is 11.5 Å². The van der Waals surface area contributed by atoms with Gasteiger partial charge < -0.3 is 19.0 Å². The van der Waals surface area contributed by atoms with Gasteiger partial charge in [0, 0.05) is 12.6 Å². The Labute approximate surface area is 145 Å². The largest absolute Gasteiger partial charge is 0.486 e. The van der Waals surface area contributed by atoms with E-state index in [0.717, 1.165) is 12.8 Å². The van der Waals surface area contributed by atoms with Gasteiger partial charge in [-0.2, -0.15) is 0 Å². The summed E-state index contributed by atoms with van der Waals surface area (Å²) in [5.74, 6) is 1.29. The molecule has 0 radical (unpaired) electrons. The van der Waals surface area contributed by atoms with E-state index in [1.807, 2.05) is 0 Å². The number of hydrogen-bond acceptors (Lipinski definition) is 6. The molecule has 0 unspecified atom stereocenters. The normalized spacial score (nSPS) is 19.4. The molecule has 1 fully saturated rings. The molecule has 2 aromatic rings. The minimum absolute atomic E-state index is 0.0124. The first kappa shape index (κ1) is 16.4. The molecule has 134 valence electrons. The van der Waals surface area contributed by atoms with Crippen LogP contribution in [0.15, 0.2) is 45.9 Å². The zero-order valence-electron chi connectivity index (χ0n) is 13.5.